The van der Waals surface area contributed by atoms with Crippen molar-refractivity contribution in [2.24, 2.45) is 19.8 Å². The number of nitrogens with two attached hydrogens (primary N) is 1. The molecule has 0 aliphatic heterocycles. The van der Waals surface area contributed by atoms with Crippen molar-refractivity contribution in [3.05, 3.63) is 42.2 Å². The summed E-state index contributed by atoms with van der Waals surface area (Å²) in [6.45, 7) is 0. The normalized spacial score (nSPS) is 13.1. The van der Waals surface area contributed by atoms with Gasteiger partial charge in [0.2, 0.25) is 0 Å². The van der Waals surface area contributed by atoms with E-state index in [4.69, 9.17) is 5.73 Å². The van der Waals surface area contributed by atoms with E-state index in [9.17, 15) is 0 Å². The highest BCUT2D eigenvalue weighted by atomic mass is 15.2. The summed E-state index contributed by atoms with van der Waals surface area (Å²) in [4.78, 5) is 8.61. The maximum absolute atomic E-state index is 6.24. The lowest BCUT2D eigenvalue weighted by Gasteiger charge is -2.09. The van der Waals surface area contributed by atoms with Crippen molar-refractivity contribution >= 4 is 11.0 Å². The van der Waals surface area contributed by atoms with E-state index in [0.29, 0.717) is 0 Å². The van der Waals surface area contributed by atoms with Gasteiger partial charge in [-0.1, -0.05) is 0 Å². The highest BCUT2D eigenvalue weighted by molar-refractivity contribution is 5.74. The molecule has 0 radical (unpaired) electrons. The first-order valence-electron chi connectivity index (χ1n) is 5.67. The Morgan fingerprint density at radius 3 is 2.78 bits per heavy atom. The number of fused-ring (bicyclic) bond motifs is 1. The van der Waals surface area contributed by atoms with Gasteiger partial charge >= 0.3 is 0 Å². The first-order chi connectivity index (χ1) is 8.66. The maximum Gasteiger partial charge on any atom is 0.131 e. The summed E-state index contributed by atoms with van der Waals surface area (Å²) in [5.74, 6) is 0.811. The molecule has 3 rings (SSSR count). The van der Waals surface area contributed by atoms with Crippen LogP contribution in [0.5, 0.6) is 0 Å². The zero-order chi connectivity index (χ0) is 12.7. The van der Waals surface area contributed by atoms with Gasteiger partial charge in [0.1, 0.15) is 11.3 Å². The molecule has 1 unspecified atom stereocenters. The van der Waals surface area contributed by atoms with Crippen molar-refractivity contribution in [2.75, 3.05) is 0 Å². The molecule has 18 heavy (non-hydrogen) atoms. The van der Waals surface area contributed by atoms with Gasteiger partial charge in [0, 0.05) is 32.1 Å². The number of rotatable bonds is 2. The van der Waals surface area contributed by atoms with Crippen LogP contribution in [0.15, 0.2) is 30.9 Å². The molecule has 92 valence electrons. The van der Waals surface area contributed by atoms with Gasteiger partial charge in [0.25, 0.3) is 0 Å². The van der Waals surface area contributed by atoms with E-state index < -0.39 is 0 Å². The molecule has 0 fully saturated rings. The van der Waals surface area contributed by atoms with Crippen molar-refractivity contribution in [1.29, 1.82) is 0 Å². The van der Waals surface area contributed by atoms with Crippen LogP contribution in [0.3, 0.4) is 0 Å². The lowest BCUT2D eigenvalue weighted by atomic mass is 10.1. The predicted molar refractivity (Wildman–Crippen MR) is 67.7 cm³/mol. The smallest absolute Gasteiger partial charge is 0.131 e. The Balaban J connectivity index is 2.11. The molecule has 6 heteroatoms. The molecule has 0 aromatic carbocycles. The zero-order valence-corrected chi connectivity index (χ0v) is 10.3. The van der Waals surface area contributed by atoms with Crippen molar-refractivity contribution in [3.8, 4) is 0 Å². The fourth-order valence-electron chi connectivity index (χ4n) is 2.10. The van der Waals surface area contributed by atoms with Crippen LogP contribution in [0.4, 0.5) is 0 Å². The first kappa shape index (κ1) is 10.9. The molecule has 6 nitrogen and oxygen atoms in total. The molecule has 0 bridgehead atoms. The molecule has 3 heterocycles. The Hall–Kier alpha value is -2.21. The summed E-state index contributed by atoms with van der Waals surface area (Å²) < 4.78 is 3.73. The quantitative estimate of drug-likeness (QED) is 0.719. The summed E-state index contributed by atoms with van der Waals surface area (Å²) in [5.41, 5.74) is 9.07. The van der Waals surface area contributed by atoms with E-state index in [-0.39, 0.29) is 6.04 Å². The number of hydrogen-bond donors (Lipinski definition) is 1. The van der Waals surface area contributed by atoms with E-state index in [0.717, 1.165) is 22.4 Å². The molecule has 0 saturated heterocycles. The topological polar surface area (TPSA) is 74.6 Å². The van der Waals surface area contributed by atoms with Gasteiger partial charge in [-0.25, -0.2) is 4.98 Å². The van der Waals surface area contributed by atoms with Crippen LogP contribution >= 0.6 is 0 Å². The Morgan fingerprint density at radius 2 is 2.11 bits per heavy atom. The average Bonchev–Trinajstić information content (AvgIpc) is 2.94. The maximum atomic E-state index is 6.24. The number of imidazole rings is 1. The summed E-state index contributed by atoms with van der Waals surface area (Å²) >= 11 is 0. The minimum Gasteiger partial charge on any atom is -0.329 e. The van der Waals surface area contributed by atoms with E-state index in [1.54, 1.807) is 23.3 Å². The van der Waals surface area contributed by atoms with E-state index in [1.165, 1.54) is 0 Å². The van der Waals surface area contributed by atoms with E-state index >= 15 is 0 Å². The van der Waals surface area contributed by atoms with Gasteiger partial charge in [-0.2, -0.15) is 5.10 Å². The van der Waals surface area contributed by atoms with Gasteiger partial charge in [-0.15, -0.1) is 0 Å². The average molecular weight is 242 g/mol. The fourth-order valence-corrected chi connectivity index (χ4v) is 2.10. The number of nitrogens with zero attached hydrogens (tertiary/aromatic N) is 5. The van der Waals surface area contributed by atoms with Crippen LogP contribution in [0, 0.1) is 0 Å². The second kappa shape index (κ2) is 3.92. The third kappa shape index (κ3) is 1.58. The summed E-state index contributed by atoms with van der Waals surface area (Å²) in [6.07, 6.45) is 7.17. The van der Waals surface area contributed by atoms with E-state index in [1.807, 2.05) is 30.9 Å². The number of hydrogen-bond acceptors (Lipinski definition) is 4. The number of pyridine rings is 1. The van der Waals surface area contributed by atoms with Crippen molar-refractivity contribution < 1.29 is 0 Å². The minimum absolute atomic E-state index is 0.281. The predicted octanol–water partition coefficient (Wildman–Crippen LogP) is 0.750. The Morgan fingerprint density at radius 1 is 1.28 bits per heavy atom. The molecule has 0 aliphatic carbocycles. The largest absolute Gasteiger partial charge is 0.329 e. The van der Waals surface area contributed by atoms with Gasteiger partial charge in [-0.05, 0) is 6.07 Å². The fraction of sp³-hybridized carbons (Fsp3) is 0.250. The monoisotopic (exact) mass is 242 g/mol. The molecule has 3 aromatic heterocycles. The summed E-state index contributed by atoms with van der Waals surface area (Å²) in [5, 5.41) is 4.13. The number of aromatic nitrogens is 5. The van der Waals surface area contributed by atoms with Crippen LogP contribution in [-0.4, -0.2) is 24.3 Å². The molecule has 1 atom stereocenters. The molecule has 2 N–H and O–H groups in total. The van der Waals surface area contributed by atoms with Crippen molar-refractivity contribution in [3.63, 3.8) is 0 Å². The first-order valence-corrected chi connectivity index (χ1v) is 5.67. The lowest BCUT2D eigenvalue weighted by molar-refractivity contribution is 0.724. The number of aryl methyl sites for hydroxylation is 2. The van der Waals surface area contributed by atoms with E-state index in [2.05, 4.69) is 15.1 Å². The third-order valence-electron chi connectivity index (χ3n) is 3.08. The summed E-state index contributed by atoms with van der Waals surface area (Å²) in [7, 11) is 3.83. The second-order valence-electron chi connectivity index (χ2n) is 4.32. The van der Waals surface area contributed by atoms with Crippen LogP contribution in [-0.2, 0) is 14.1 Å². The van der Waals surface area contributed by atoms with Gasteiger partial charge in [-0.3, -0.25) is 9.67 Å². The molecular weight excluding hydrogens is 228 g/mol. The molecule has 3 aromatic rings. The Kier molecular flexibility index (Phi) is 2.38. The molecule has 0 aliphatic rings. The van der Waals surface area contributed by atoms with Gasteiger partial charge < -0.3 is 10.3 Å². The Labute approximate surface area is 104 Å². The van der Waals surface area contributed by atoms with Crippen LogP contribution in [0.2, 0.25) is 0 Å². The lowest BCUT2D eigenvalue weighted by Crippen LogP contribution is -2.16. The minimum atomic E-state index is -0.281. The standard InChI is InChI=1S/C12H14N6/c1-17-7-8(5-15-17)11(13)12-16-9-6-14-4-3-10(9)18(12)2/h3-7,11H,13H2,1-2H3. The molecule has 0 saturated carbocycles. The second-order valence-corrected chi connectivity index (χ2v) is 4.32. The van der Waals surface area contributed by atoms with Gasteiger partial charge in [0.05, 0.1) is 24.0 Å². The van der Waals surface area contributed by atoms with Crippen molar-refractivity contribution in [2.45, 2.75) is 6.04 Å². The van der Waals surface area contributed by atoms with Gasteiger partial charge in [0.15, 0.2) is 0 Å². The van der Waals surface area contributed by atoms with Crippen LogP contribution < -0.4 is 5.73 Å². The van der Waals surface area contributed by atoms with Crippen LogP contribution in [0.1, 0.15) is 17.4 Å². The van der Waals surface area contributed by atoms with Crippen molar-refractivity contribution in [1.82, 2.24) is 24.3 Å². The highest BCUT2D eigenvalue weighted by Gasteiger charge is 2.17. The molecule has 0 spiro atoms. The summed E-state index contributed by atoms with van der Waals surface area (Å²) in [6, 6.07) is 1.65. The van der Waals surface area contributed by atoms with Crippen LogP contribution in [0.25, 0.3) is 11.0 Å². The zero-order valence-electron chi connectivity index (χ0n) is 10.3. The highest BCUT2D eigenvalue weighted by Crippen LogP contribution is 2.21. The molecular formula is C12H14N6. The third-order valence-corrected chi connectivity index (χ3v) is 3.08. The Bertz CT molecular complexity index is 695. The SMILES string of the molecule is Cn1cc(C(N)c2nc3cnccc3n2C)cn1. The molecule has 0 amide bonds.